The topological polar surface area (TPSA) is 35.5 Å². The van der Waals surface area contributed by atoms with Gasteiger partial charge in [0.05, 0.1) is 19.6 Å². The zero-order chi connectivity index (χ0) is 17.8. The van der Waals surface area contributed by atoms with Crippen molar-refractivity contribution in [1.82, 2.24) is 0 Å². The summed E-state index contributed by atoms with van der Waals surface area (Å²) in [5, 5.41) is 0. The van der Waals surface area contributed by atoms with Gasteiger partial charge in [-0.2, -0.15) is 0 Å². The Morgan fingerprint density at radius 2 is 1.78 bits per heavy atom. The number of esters is 1. The third-order valence-electron chi connectivity index (χ3n) is 4.10. The zero-order valence-corrected chi connectivity index (χ0v) is 15.9. The van der Waals surface area contributed by atoms with Crippen LogP contribution in [0.15, 0.2) is 12.1 Å². The standard InChI is InChI=1S/C20H32O3/c1-9-23-19(21)14(4)10-15-11-16(20(5,6)7)12-17(13(2)3)18(15)22-8/h11-14H,9-10H2,1-8H3. The Labute approximate surface area is 141 Å². The van der Waals surface area contributed by atoms with Crippen LogP contribution in [-0.2, 0) is 21.4 Å². The van der Waals surface area contributed by atoms with E-state index in [4.69, 9.17) is 9.47 Å². The Bertz CT molecular complexity index is 539. The summed E-state index contributed by atoms with van der Waals surface area (Å²) in [5.74, 6) is 0.939. The van der Waals surface area contributed by atoms with Crippen LogP contribution in [0.25, 0.3) is 0 Å². The summed E-state index contributed by atoms with van der Waals surface area (Å²) in [7, 11) is 1.70. The summed E-state index contributed by atoms with van der Waals surface area (Å²) < 4.78 is 10.8. The maximum atomic E-state index is 12.0. The van der Waals surface area contributed by atoms with Crippen molar-refractivity contribution >= 4 is 5.97 Å². The molecule has 1 aromatic rings. The lowest BCUT2D eigenvalue weighted by atomic mass is 9.82. The van der Waals surface area contributed by atoms with Gasteiger partial charge in [-0.15, -0.1) is 0 Å². The lowest BCUT2D eigenvalue weighted by Crippen LogP contribution is -2.19. The minimum Gasteiger partial charge on any atom is -0.496 e. The lowest BCUT2D eigenvalue weighted by Gasteiger charge is -2.25. The van der Waals surface area contributed by atoms with Crippen molar-refractivity contribution in [1.29, 1.82) is 0 Å². The van der Waals surface area contributed by atoms with E-state index < -0.39 is 0 Å². The molecule has 0 aliphatic rings. The number of carbonyl (C=O) groups excluding carboxylic acids is 1. The second-order valence-electron chi connectivity index (χ2n) is 7.52. The van der Waals surface area contributed by atoms with Crippen molar-refractivity contribution in [3.8, 4) is 5.75 Å². The van der Waals surface area contributed by atoms with Gasteiger partial charge in [-0.05, 0) is 41.4 Å². The Hall–Kier alpha value is -1.51. The molecule has 0 aliphatic heterocycles. The first-order chi connectivity index (χ1) is 10.6. The maximum absolute atomic E-state index is 12.0. The van der Waals surface area contributed by atoms with E-state index in [0.717, 1.165) is 11.3 Å². The van der Waals surface area contributed by atoms with E-state index in [9.17, 15) is 4.79 Å². The Morgan fingerprint density at radius 3 is 2.22 bits per heavy atom. The maximum Gasteiger partial charge on any atom is 0.308 e. The largest absolute Gasteiger partial charge is 0.496 e. The first-order valence-electron chi connectivity index (χ1n) is 8.49. The highest BCUT2D eigenvalue weighted by molar-refractivity contribution is 5.72. The molecule has 1 rings (SSSR count). The van der Waals surface area contributed by atoms with Crippen molar-refractivity contribution < 1.29 is 14.3 Å². The molecule has 0 saturated heterocycles. The molecule has 1 unspecified atom stereocenters. The molecule has 0 amide bonds. The van der Waals surface area contributed by atoms with Crippen LogP contribution in [0.5, 0.6) is 5.75 Å². The molecule has 0 radical (unpaired) electrons. The SMILES string of the molecule is CCOC(=O)C(C)Cc1cc(C(C)(C)C)cc(C(C)C)c1OC. The minimum absolute atomic E-state index is 0.0534. The van der Waals surface area contributed by atoms with Crippen molar-refractivity contribution in [2.24, 2.45) is 5.92 Å². The van der Waals surface area contributed by atoms with Crippen LogP contribution >= 0.6 is 0 Å². The van der Waals surface area contributed by atoms with Crippen molar-refractivity contribution in [2.75, 3.05) is 13.7 Å². The normalized spacial score (nSPS) is 13.1. The van der Waals surface area contributed by atoms with Crippen molar-refractivity contribution in [3.63, 3.8) is 0 Å². The fourth-order valence-electron chi connectivity index (χ4n) is 2.67. The molecule has 0 aromatic heterocycles. The van der Waals surface area contributed by atoms with Crippen LogP contribution in [0.3, 0.4) is 0 Å². The van der Waals surface area contributed by atoms with E-state index in [-0.39, 0.29) is 17.3 Å². The van der Waals surface area contributed by atoms with Gasteiger partial charge in [-0.1, -0.05) is 53.7 Å². The third kappa shape index (κ3) is 4.98. The van der Waals surface area contributed by atoms with E-state index in [2.05, 4.69) is 46.8 Å². The van der Waals surface area contributed by atoms with E-state index in [0.29, 0.717) is 18.9 Å². The highest BCUT2D eigenvalue weighted by Gasteiger charge is 2.23. The van der Waals surface area contributed by atoms with Crippen LogP contribution in [0.1, 0.15) is 71.1 Å². The molecule has 0 heterocycles. The molecule has 1 aromatic carbocycles. The molecule has 3 heteroatoms. The van der Waals surface area contributed by atoms with Crippen LogP contribution in [0.4, 0.5) is 0 Å². The average molecular weight is 320 g/mol. The van der Waals surface area contributed by atoms with Crippen LogP contribution < -0.4 is 4.74 Å². The van der Waals surface area contributed by atoms with Gasteiger partial charge in [0.15, 0.2) is 0 Å². The van der Waals surface area contributed by atoms with E-state index in [1.165, 1.54) is 11.1 Å². The monoisotopic (exact) mass is 320 g/mol. The average Bonchev–Trinajstić information content (AvgIpc) is 2.45. The van der Waals surface area contributed by atoms with E-state index >= 15 is 0 Å². The smallest absolute Gasteiger partial charge is 0.308 e. The summed E-state index contributed by atoms with van der Waals surface area (Å²) in [6, 6.07) is 4.42. The quantitative estimate of drug-likeness (QED) is 0.702. The first kappa shape index (κ1) is 19.5. The highest BCUT2D eigenvalue weighted by atomic mass is 16.5. The molecule has 0 fully saturated rings. The fraction of sp³-hybridized carbons (Fsp3) is 0.650. The summed E-state index contributed by atoms with van der Waals surface area (Å²) in [6.45, 7) is 15.1. The first-order valence-corrected chi connectivity index (χ1v) is 8.49. The minimum atomic E-state index is -0.181. The molecule has 3 nitrogen and oxygen atoms in total. The van der Waals surface area contributed by atoms with Gasteiger partial charge in [-0.3, -0.25) is 4.79 Å². The summed E-state index contributed by atoms with van der Waals surface area (Å²) in [4.78, 5) is 12.0. The van der Waals surface area contributed by atoms with Crippen molar-refractivity contribution in [2.45, 2.75) is 66.2 Å². The predicted octanol–water partition coefficient (Wildman–Crippen LogP) is 4.86. The van der Waals surface area contributed by atoms with Crippen LogP contribution in [-0.4, -0.2) is 19.7 Å². The number of ether oxygens (including phenoxy) is 2. The number of methoxy groups -OCH3 is 1. The molecular weight excluding hydrogens is 288 g/mol. The second kappa shape index (κ2) is 7.85. The van der Waals surface area contributed by atoms with Gasteiger partial charge < -0.3 is 9.47 Å². The van der Waals surface area contributed by atoms with Gasteiger partial charge in [0.25, 0.3) is 0 Å². The molecular formula is C20H32O3. The molecule has 130 valence electrons. The number of hydrogen-bond acceptors (Lipinski definition) is 3. The van der Waals surface area contributed by atoms with Gasteiger partial charge >= 0.3 is 5.97 Å². The summed E-state index contributed by atoms with van der Waals surface area (Å²) in [5.41, 5.74) is 3.61. The molecule has 1 atom stereocenters. The molecule has 0 bridgehead atoms. The Balaban J connectivity index is 3.32. The van der Waals surface area contributed by atoms with Crippen molar-refractivity contribution in [3.05, 3.63) is 28.8 Å². The van der Waals surface area contributed by atoms with Gasteiger partial charge in [-0.25, -0.2) is 0 Å². The summed E-state index contributed by atoms with van der Waals surface area (Å²) >= 11 is 0. The molecule has 0 saturated carbocycles. The zero-order valence-electron chi connectivity index (χ0n) is 15.9. The number of carbonyl (C=O) groups is 1. The molecule has 0 spiro atoms. The Morgan fingerprint density at radius 1 is 1.17 bits per heavy atom. The number of benzene rings is 1. The van der Waals surface area contributed by atoms with E-state index in [1.54, 1.807) is 7.11 Å². The molecule has 23 heavy (non-hydrogen) atoms. The molecule has 0 aliphatic carbocycles. The van der Waals surface area contributed by atoms with Gasteiger partial charge in [0, 0.05) is 0 Å². The molecule has 0 N–H and O–H groups in total. The van der Waals surface area contributed by atoms with Gasteiger partial charge in [0.1, 0.15) is 5.75 Å². The fourth-order valence-corrected chi connectivity index (χ4v) is 2.67. The Kier molecular flexibility index (Phi) is 6.67. The highest BCUT2D eigenvalue weighted by Crippen LogP contribution is 2.36. The van der Waals surface area contributed by atoms with Crippen LogP contribution in [0, 0.1) is 5.92 Å². The summed E-state index contributed by atoms with van der Waals surface area (Å²) in [6.07, 6.45) is 0.631. The number of rotatable bonds is 6. The predicted molar refractivity (Wildman–Crippen MR) is 95.3 cm³/mol. The van der Waals surface area contributed by atoms with Gasteiger partial charge in [0.2, 0.25) is 0 Å². The van der Waals surface area contributed by atoms with Crippen LogP contribution in [0.2, 0.25) is 0 Å². The lowest BCUT2D eigenvalue weighted by molar-refractivity contribution is -0.147. The van der Waals surface area contributed by atoms with E-state index in [1.807, 2.05) is 13.8 Å². The third-order valence-corrected chi connectivity index (χ3v) is 4.10. The second-order valence-corrected chi connectivity index (χ2v) is 7.52. The number of hydrogen-bond donors (Lipinski definition) is 0.